The van der Waals surface area contributed by atoms with Gasteiger partial charge in [-0.3, -0.25) is 9.69 Å². The second kappa shape index (κ2) is 4.49. The maximum absolute atomic E-state index is 11.5. The third kappa shape index (κ3) is 2.49. The fourth-order valence-corrected chi connectivity index (χ4v) is 2.42. The number of likely N-dealkylation sites (N-methyl/N-ethyl adjacent to an activating group) is 1. The molecule has 2 aliphatic rings. The molecule has 1 saturated carbocycles. The van der Waals surface area contributed by atoms with Crippen LogP contribution >= 0.6 is 0 Å². The molecule has 0 radical (unpaired) electrons. The summed E-state index contributed by atoms with van der Waals surface area (Å²) in [6.45, 7) is 1.92. The van der Waals surface area contributed by atoms with Gasteiger partial charge in [0.2, 0.25) is 5.91 Å². The van der Waals surface area contributed by atoms with Gasteiger partial charge >= 0.3 is 0 Å². The molecule has 0 aromatic carbocycles. The molecule has 15 heavy (non-hydrogen) atoms. The molecule has 1 saturated heterocycles. The van der Waals surface area contributed by atoms with Crippen LogP contribution in [0.15, 0.2) is 0 Å². The molecule has 0 spiro atoms. The first-order valence-corrected chi connectivity index (χ1v) is 5.92. The van der Waals surface area contributed by atoms with Crippen molar-refractivity contribution in [1.82, 2.24) is 9.80 Å². The number of nitrogens with zero attached hydrogens (tertiary/aromatic N) is 2. The Morgan fingerprint density at radius 2 is 2.13 bits per heavy atom. The van der Waals surface area contributed by atoms with Crippen molar-refractivity contribution in [1.29, 1.82) is 0 Å². The fourth-order valence-electron chi connectivity index (χ4n) is 2.42. The number of rotatable bonds is 3. The number of hydrogen-bond donors (Lipinski definition) is 1. The van der Waals surface area contributed by atoms with E-state index in [2.05, 4.69) is 11.9 Å². The van der Waals surface area contributed by atoms with Gasteiger partial charge in [-0.25, -0.2) is 0 Å². The number of nitrogens with two attached hydrogens (primary N) is 1. The average Bonchev–Trinajstić information content (AvgIpc) is 3.11. The van der Waals surface area contributed by atoms with Gasteiger partial charge in [0.1, 0.15) is 0 Å². The molecule has 86 valence electrons. The molecule has 1 aliphatic carbocycles. The third-order valence-electron chi connectivity index (χ3n) is 3.62. The molecule has 1 atom stereocenters. The van der Waals surface area contributed by atoms with E-state index in [0.29, 0.717) is 6.04 Å². The summed E-state index contributed by atoms with van der Waals surface area (Å²) in [5, 5.41) is 0. The lowest BCUT2D eigenvalue weighted by Gasteiger charge is -2.37. The predicted molar refractivity (Wildman–Crippen MR) is 59.4 cm³/mol. The molecule has 0 unspecified atom stereocenters. The Hall–Kier alpha value is -0.610. The van der Waals surface area contributed by atoms with E-state index in [1.165, 1.54) is 19.3 Å². The quantitative estimate of drug-likeness (QED) is 0.716. The van der Waals surface area contributed by atoms with Crippen LogP contribution in [0.4, 0.5) is 0 Å². The highest BCUT2D eigenvalue weighted by Gasteiger charge is 2.33. The van der Waals surface area contributed by atoms with E-state index in [9.17, 15) is 4.79 Å². The highest BCUT2D eigenvalue weighted by molar-refractivity contribution is 5.78. The molecule has 1 amide bonds. The SMILES string of the molecule is CN(C1CC1)[C@H]1CCCN(C(=O)CN)C1. The molecule has 1 aliphatic heterocycles. The molecule has 0 bridgehead atoms. The second-order valence-electron chi connectivity index (χ2n) is 4.74. The smallest absolute Gasteiger partial charge is 0.236 e. The molecule has 0 aromatic rings. The van der Waals surface area contributed by atoms with Crippen molar-refractivity contribution in [3.05, 3.63) is 0 Å². The summed E-state index contributed by atoms with van der Waals surface area (Å²) in [6.07, 6.45) is 5.00. The number of carbonyl (C=O) groups is 1. The summed E-state index contributed by atoms with van der Waals surface area (Å²) in [4.78, 5) is 15.9. The Balaban J connectivity index is 1.88. The summed E-state index contributed by atoms with van der Waals surface area (Å²) in [7, 11) is 2.19. The van der Waals surface area contributed by atoms with Gasteiger partial charge in [0, 0.05) is 25.2 Å². The third-order valence-corrected chi connectivity index (χ3v) is 3.62. The number of hydrogen-bond acceptors (Lipinski definition) is 3. The van der Waals surface area contributed by atoms with Crippen molar-refractivity contribution < 1.29 is 4.79 Å². The lowest BCUT2D eigenvalue weighted by molar-refractivity contribution is -0.131. The first-order chi connectivity index (χ1) is 7.22. The minimum atomic E-state index is 0.101. The lowest BCUT2D eigenvalue weighted by atomic mass is 10.0. The predicted octanol–water partition coefficient (Wildman–Crippen LogP) is 0.0303. The number of likely N-dealkylation sites (tertiary alicyclic amines) is 1. The van der Waals surface area contributed by atoms with Crippen LogP contribution in [0.1, 0.15) is 25.7 Å². The molecule has 2 rings (SSSR count). The van der Waals surface area contributed by atoms with Gasteiger partial charge < -0.3 is 10.6 Å². The highest BCUT2D eigenvalue weighted by Crippen LogP contribution is 2.29. The Labute approximate surface area is 91.4 Å². The van der Waals surface area contributed by atoms with Crippen LogP contribution in [-0.4, -0.2) is 54.5 Å². The van der Waals surface area contributed by atoms with E-state index in [4.69, 9.17) is 5.73 Å². The van der Waals surface area contributed by atoms with Crippen LogP contribution < -0.4 is 5.73 Å². The van der Waals surface area contributed by atoms with Crippen LogP contribution in [-0.2, 0) is 4.79 Å². The minimum absolute atomic E-state index is 0.101. The summed E-state index contributed by atoms with van der Waals surface area (Å²) in [5.41, 5.74) is 5.39. The maximum Gasteiger partial charge on any atom is 0.236 e. The second-order valence-corrected chi connectivity index (χ2v) is 4.74. The van der Waals surface area contributed by atoms with Crippen LogP contribution in [0.25, 0.3) is 0 Å². The summed E-state index contributed by atoms with van der Waals surface area (Å²) in [6, 6.07) is 1.34. The standard InChI is InChI=1S/C11H21N3O/c1-13(9-4-5-9)10-3-2-6-14(8-10)11(15)7-12/h9-10H,2-8,12H2,1H3/t10-/m0/s1. The van der Waals surface area contributed by atoms with Gasteiger partial charge in [-0.15, -0.1) is 0 Å². The number of amides is 1. The van der Waals surface area contributed by atoms with Crippen LogP contribution in [0, 0.1) is 0 Å². The van der Waals surface area contributed by atoms with Gasteiger partial charge in [0.25, 0.3) is 0 Å². The van der Waals surface area contributed by atoms with Crippen molar-refractivity contribution in [3.63, 3.8) is 0 Å². The first kappa shape index (κ1) is 10.9. The van der Waals surface area contributed by atoms with E-state index < -0.39 is 0 Å². The van der Waals surface area contributed by atoms with E-state index >= 15 is 0 Å². The summed E-state index contributed by atoms with van der Waals surface area (Å²) < 4.78 is 0. The van der Waals surface area contributed by atoms with E-state index in [1.54, 1.807) is 0 Å². The fraction of sp³-hybridized carbons (Fsp3) is 0.909. The maximum atomic E-state index is 11.5. The number of piperidine rings is 1. The molecule has 2 fully saturated rings. The van der Waals surface area contributed by atoms with Crippen molar-refractivity contribution in [3.8, 4) is 0 Å². The van der Waals surface area contributed by atoms with E-state index in [-0.39, 0.29) is 12.5 Å². The molecule has 4 nitrogen and oxygen atoms in total. The van der Waals surface area contributed by atoms with Gasteiger partial charge in [0.05, 0.1) is 6.54 Å². The van der Waals surface area contributed by atoms with E-state index in [1.807, 2.05) is 4.90 Å². The molecule has 0 aromatic heterocycles. The minimum Gasteiger partial charge on any atom is -0.340 e. The Morgan fingerprint density at radius 1 is 1.40 bits per heavy atom. The normalized spacial score (nSPS) is 27.1. The lowest BCUT2D eigenvalue weighted by Crippen LogP contribution is -2.50. The van der Waals surface area contributed by atoms with Crippen molar-refractivity contribution >= 4 is 5.91 Å². The monoisotopic (exact) mass is 211 g/mol. The Bertz CT molecular complexity index is 240. The number of carbonyl (C=O) groups excluding carboxylic acids is 1. The van der Waals surface area contributed by atoms with Crippen LogP contribution in [0.3, 0.4) is 0 Å². The van der Waals surface area contributed by atoms with Gasteiger partial charge in [-0.2, -0.15) is 0 Å². The van der Waals surface area contributed by atoms with E-state index in [0.717, 1.165) is 25.6 Å². The van der Waals surface area contributed by atoms with Gasteiger partial charge in [0.15, 0.2) is 0 Å². The molecule has 1 heterocycles. The summed E-state index contributed by atoms with van der Waals surface area (Å²) in [5.74, 6) is 0.101. The van der Waals surface area contributed by atoms with Crippen LogP contribution in [0.2, 0.25) is 0 Å². The molecule has 2 N–H and O–H groups in total. The Morgan fingerprint density at radius 3 is 2.73 bits per heavy atom. The van der Waals surface area contributed by atoms with Crippen molar-refractivity contribution in [2.45, 2.75) is 37.8 Å². The zero-order chi connectivity index (χ0) is 10.8. The highest BCUT2D eigenvalue weighted by atomic mass is 16.2. The molecular formula is C11H21N3O. The zero-order valence-electron chi connectivity index (χ0n) is 9.48. The first-order valence-electron chi connectivity index (χ1n) is 5.92. The van der Waals surface area contributed by atoms with Gasteiger partial charge in [-0.05, 0) is 32.7 Å². The Kier molecular flexibility index (Phi) is 3.26. The summed E-state index contributed by atoms with van der Waals surface area (Å²) >= 11 is 0. The largest absolute Gasteiger partial charge is 0.340 e. The van der Waals surface area contributed by atoms with Crippen molar-refractivity contribution in [2.75, 3.05) is 26.7 Å². The topological polar surface area (TPSA) is 49.6 Å². The average molecular weight is 211 g/mol. The van der Waals surface area contributed by atoms with Crippen LogP contribution in [0.5, 0.6) is 0 Å². The van der Waals surface area contributed by atoms with Gasteiger partial charge in [-0.1, -0.05) is 0 Å². The molecular weight excluding hydrogens is 190 g/mol. The zero-order valence-corrected chi connectivity index (χ0v) is 9.48. The van der Waals surface area contributed by atoms with Crippen molar-refractivity contribution in [2.24, 2.45) is 5.73 Å². The molecule has 4 heteroatoms.